The lowest BCUT2D eigenvalue weighted by Gasteiger charge is -2.27. The third kappa shape index (κ3) is 3.05. The molecule has 92 valence electrons. The lowest BCUT2D eigenvalue weighted by Crippen LogP contribution is -2.29. The van der Waals surface area contributed by atoms with E-state index in [1.54, 1.807) is 0 Å². The van der Waals surface area contributed by atoms with Crippen LogP contribution in [0.3, 0.4) is 0 Å². The number of piperidine rings is 1. The van der Waals surface area contributed by atoms with Gasteiger partial charge in [0.1, 0.15) is 0 Å². The van der Waals surface area contributed by atoms with E-state index < -0.39 is 0 Å². The largest absolute Gasteiger partial charge is 0.306 e. The molecule has 0 aliphatic carbocycles. The smallest absolute Gasteiger partial charge is 0.0962 e. The maximum atomic E-state index is 8.63. The molecule has 0 aromatic carbocycles. The fourth-order valence-corrected chi connectivity index (χ4v) is 3.52. The minimum Gasteiger partial charge on any atom is -0.306 e. The summed E-state index contributed by atoms with van der Waals surface area (Å²) in [5, 5.41) is 9.93. The Bertz CT molecular complexity index is 411. The molecule has 0 N–H and O–H groups in total. The van der Waals surface area contributed by atoms with Gasteiger partial charge >= 0.3 is 0 Å². The summed E-state index contributed by atoms with van der Waals surface area (Å²) < 4.78 is 0. The van der Waals surface area contributed by atoms with Crippen LogP contribution in [0.5, 0.6) is 0 Å². The Hall–Kier alpha value is -0.920. The molecule has 0 saturated carbocycles. The molecular formula is C13H19N3S. The minimum absolute atomic E-state index is 0.607. The van der Waals surface area contributed by atoms with Crippen LogP contribution in [0.15, 0.2) is 0 Å². The molecule has 0 radical (unpaired) electrons. The van der Waals surface area contributed by atoms with E-state index in [1.807, 2.05) is 11.3 Å². The highest BCUT2D eigenvalue weighted by atomic mass is 32.1. The van der Waals surface area contributed by atoms with Crippen molar-refractivity contribution in [2.75, 3.05) is 20.1 Å². The Kier molecular flexibility index (Phi) is 4.14. The summed E-state index contributed by atoms with van der Waals surface area (Å²) in [5.41, 5.74) is 1.14. The molecule has 2 rings (SSSR count). The van der Waals surface area contributed by atoms with Crippen molar-refractivity contribution in [3.8, 4) is 6.07 Å². The lowest BCUT2D eigenvalue weighted by atomic mass is 9.98. The molecule has 1 saturated heterocycles. The first-order chi connectivity index (χ1) is 8.20. The zero-order valence-corrected chi connectivity index (χ0v) is 11.4. The molecule has 0 bridgehead atoms. The molecule has 2 heterocycles. The normalized spacial score (nSPS) is 18.2. The first-order valence-corrected chi connectivity index (χ1v) is 7.04. The van der Waals surface area contributed by atoms with Crippen molar-refractivity contribution in [1.29, 1.82) is 5.26 Å². The summed E-state index contributed by atoms with van der Waals surface area (Å²) in [5.74, 6) is 0.644. The van der Waals surface area contributed by atoms with Gasteiger partial charge in [0.25, 0.3) is 0 Å². The second kappa shape index (κ2) is 5.61. The van der Waals surface area contributed by atoms with Gasteiger partial charge in [-0.1, -0.05) is 0 Å². The van der Waals surface area contributed by atoms with Gasteiger partial charge in [0.05, 0.1) is 16.8 Å². The van der Waals surface area contributed by atoms with E-state index >= 15 is 0 Å². The van der Waals surface area contributed by atoms with E-state index in [1.165, 1.54) is 35.8 Å². The van der Waals surface area contributed by atoms with Crippen molar-refractivity contribution in [1.82, 2.24) is 9.88 Å². The first-order valence-electron chi connectivity index (χ1n) is 6.22. The fraction of sp³-hybridized carbons (Fsp3) is 0.692. The van der Waals surface area contributed by atoms with E-state index in [9.17, 15) is 0 Å². The average molecular weight is 249 g/mol. The van der Waals surface area contributed by atoms with Crippen LogP contribution in [0, 0.1) is 18.3 Å². The number of rotatable bonds is 3. The molecular weight excluding hydrogens is 230 g/mol. The summed E-state index contributed by atoms with van der Waals surface area (Å²) in [7, 11) is 2.18. The number of thiazole rings is 1. The van der Waals surface area contributed by atoms with Gasteiger partial charge in [0.2, 0.25) is 0 Å². The van der Waals surface area contributed by atoms with Crippen LogP contribution in [-0.2, 0) is 6.42 Å². The van der Waals surface area contributed by atoms with Gasteiger partial charge in [-0.15, -0.1) is 11.3 Å². The molecule has 0 amide bonds. The summed E-state index contributed by atoms with van der Waals surface area (Å²) >= 11 is 1.83. The summed E-state index contributed by atoms with van der Waals surface area (Å²) in [6.45, 7) is 4.43. The predicted molar refractivity (Wildman–Crippen MR) is 70.3 cm³/mol. The minimum atomic E-state index is 0.607. The molecule has 0 spiro atoms. The first kappa shape index (κ1) is 12.5. The molecule has 0 unspecified atom stereocenters. The third-order valence-electron chi connectivity index (χ3n) is 3.44. The van der Waals surface area contributed by atoms with Gasteiger partial charge in [-0.05, 0) is 46.3 Å². The molecule has 1 aliphatic rings. The monoisotopic (exact) mass is 249 g/mol. The molecule has 1 aromatic heterocycles. The van der Waals surface area contributed by atoms with Gasteiger partial charge in [0.15, 0.2) is 0 Å². The third-order valence-corrected chi connectivity index (χ3v) is 4.82. The van der Waals surface area contributed by atoms with E-state index in [-0.39, 0.29) is 0 Å². The molecule has 1 aromatic rings. The van der Waals surface area contributed by atoms with Crippen LogP contribution in [0.2, 0.25) is 0 Å². The second-order valence-electron chi connectivity index (χ2n) is 4.80. The Morgan fingerprint density at radius 2 is 2.18 bits per heavy atom. The van der Waals surface area contributed by atoms with Crippen LogP contribution in [0.4, 0.5) is 0 Å². The average Bonchev–Trinajstić information content (AvgIpc) is 2.69. The van der Waals surface area contributed by atoms with Crippen LogP contribution < -0.4 is 0 Å². The summed E-state index contributed by atoms with van der Waals surface area (Å²) in [6, 6.07) is 2.21. The Morgan fingerprint density at radius 1 is 1.47 bits per heavy atom. The number of hydrogen-bond donors (Lipinski definition) is 0. The van der Waals surface area contributed by atoms with Gasteiger partial charge in [0, 0.05) is 17.2 Å². The standard InChI is InChI=1S/C13H19N3S/c1-10-12(4-3-7-14)17-13(15-10)11-5-8-16(2)9-6-11/h11H,3-6,8-9H2,1-2H3. The number of aromatic nitrogens is 1. The van der Waals surface area contributed by atoms with E-state index in [2.05, 4.69) is 24.9 Å². The lowest BCUT2D eigenvalue weighted by molar-refractivity contribution is 0.255. The van der Waals surface area contributed by atoms with Crippen LogP contribution in [0.1, 0.15) is 40.8 Å². The SMILES string of the molecule is Cc1nc(C2CCN(C)CC2)sc1CCC#N. The highest BCUT2D eigenvalue weighted by Crippen LogP contribution is 2.32. The van der Waals surface area contributed by atoms with Gasteiger partial charge in [-0.3, -0.25) is 0 Å². The quantitative estimate of drug-likeness (QED) is 0.827. The van der Waals surface area contributed by atoms with E-state index in [0.29, 0.717) is 12.3 Å². The van der Waals surface area contributed by atoms with Gasteiger partial charge < -0.3 is 4.90 Å². The Morgan fingerprint density at radius 3 is 2.82 bits per heavy atom. The van der Waals surface area contributed by atoms with Crippen molar-refractivity contribution in [2.24, 2.45) is 0 Å². The topological polar surface area (TPSA) is 39.9 Å². The van der Waals surface area contributed by atoms with Gasteiger partial charge in [-0.25, -0.2) is 4.98 Å². The zero-order chi connectivity index (χ0) is 12.3. The number of hydrogen-bond acceptors (Lipinski definition) is 4. The van der Waals surface area contributed by atoms with Crippen LogP contribution in [0.25, 0.3) is 0 Å². The van der Waals surface area contributed by atoms with E-state index in [4.69, 9.17) is 10.2 Å². The van der Waals surface area contributed by atoms with Crippen LogP contribution in [-0.4, -0.2) is 30.0 Å². The highest BCUT2D eigenvalue weighted by Gasteiger charge is 2.22. The predicted octanol–water partition coefficient (Wildman–Crippen LogP) is 2.72. The number of likely N-dealkylation sites (tertiary alicyclic amines) is 1. The molecule has 4 heteroatoms. The number of nitrogens with zero attached hydrogens (tertiary/aromatic N) is 3. The van der Waals surface area contributed by atoms with E-state index in [0.717, 1.165) is 12.1 Å². The molecule has 0 atom stereocenters. The van der Waals surface area contributed by atoms with Crippen molar-refractivity contribution in [3.63, 3.8) is 0 Å². The maximum absolute atomic E-state index is 8.63. The highest BCUT2D eigenvalue weighted by molar-refractivity contribution is 7.11. The maximum Gasteiger partial charge on any atom is 0.0962 e. The summed E-state index contributed by atoms with van der Waals surface area (Å²) in [4.78, 5) is 8.39. The fourth-order valence-electron chi connectivity index (χ4n) is 2.28. The van der Waals surface area contributed by atoms with Crippen molar-refractivity contribution >= 4 is 11.3 Å². The van der Waals surface area contributed by atoms with Crippen molar-refractivity contribution < 1.29 is 0 Å². The number of nitriles is 1. The summed E-state index contributed by atoms with van der Waals surface area (Å²) in [6.07, 6.45) is 3.92. The molecule has 1 fully saturated rings. The Labute approximate surface area is 107 Å². The van der Waals surface area contributed by atoms with Crippen LogP contribution >= 0.6 is 11.3 Å². The Balaban J connectivity index is 2.04. The van der Waals surface area contributed by atoms with Gasteiger partial charge in [-0.2, -0.15) is 5.26 Å². The van der Waals surface area contributed by atoms with Crippen molar-refractivity contribution in [3.05, 3.63) is 15.6 Å². The molecule has 17 heavy (non-hydrogen) atoms. The second-order valence-corrected chi connectivity index (χ2v) is 5.91. The molecule has 1 aliphatic heterocycles. The van der Waals surface area contributed by atoms with Crippen molar-refractivity contribution in [2.45, 2.75) is 38.5 Å². The molecule has 3 nitrogen and oxygen atoms in total. The number of aryl methyl sites for hydroxylation is 2. The zero-order valence-electron chi connectivity index (χ0n) is 10.6.